The average molecular weight is 206 g/mol. The predicted molar refractivity (Wildman–Crippen MR) is 60.5 cm³/mol. The minimum atomic E-state index is -0.125. The molecule has 0 amide bonds. The fourth-order valence-corrected chi connectivity index (χ4v) is 2.16. The van der Waals surface area contributed by atoms with Gasteiger partial charge in [0.15, 0.2) is 0 Å². The summed E-state index contributed by atoms with van der Waals surface area (Å²) in [7, 11) is 0. The SMILES string of the molecule is CCCc1cc2c(cc1O)OC(C)(C)C2. The number of aryl methyl sites for hydroxylation is 1. The lowest BCUT2D eigenvalue weighted by molar-refractivity contribution is 0.138. The molecule has 2 heteroatoms. The summed E-state index contributed by atoms with van der Waals surface area (Å²) in [5.41, 5.74) is 2.14. The molecular formula is C13H18O2. The van der Waals surface area contributed by atoms with Gasteiger partial charge in [0.2, 0.25) is 0 Å². The molecule has 1 N–H and O–H groups in total. The number of hydrogen-bond donors (Lipinski definition) is 1. The lowest BCUT2D eigenvalue weighted by atomic mass is 9.98. The molecule has 0 spiro atoms. The van der Waals surface area contributed by atoms with Crippen molar-refractivity contribution in [3.63, 3.8) is 0 Å². The molecule has 1 aromatic carbocycles. The van der Waals surface area contributed by atoms with Crippen LogP contribution in [0, 0.1) is 0 Å². The minimum Gasteiger partial charge on any atom is -0.508 e. The Labute approximate surface area is 90.9 Å². The number of rotatable bonds is 2. The molecule has 0 fully saturated rings. The highest BCUT2D eigenvalue weighted by atomic mass is 16.5. The van der Waals surface area contributed by atoms with Crippen molar-refractivity contribution in [3.8, 4) is 11.5 Å². The van der Waals surface area contributed by atoms with Gasteiger partial charge in [0.25, 0.3) is 0 Å². The van der Waals surface area contributed by atoms with Gasteiger partial charge in [-0.25, -0.2) is 0 Å². The van der Waals surface area contributed by atoms with Crippen LogP contribution in [0.5, 0.6) is 11.5 Å². The molecule has 2 nitrogen and oxygen atoms in total. The van der Waals surface area contributed by atoms with E-state index in [0.717, 1.165) is 30.6 Å². The molecule has 1 aliphatic heterocycles. The summed E-state index contributed by atoms with van der Waals surface area (Å²) in [6.45, 7) is 6.26. The van der Waals surface area contributed by atoms with Gasteiger partial charge in [-0.05, 0) is 37.5 Å². The third-order valence-corrected chi connectivity index (χ3v) is 2.78. The quantitative estimate of drug-likeness (QED) is 0.805. The summed E-state index contributed by atoms with van der Waals surface area (Å²) in [4.78, 5) is 0. The summed E-state index contributed by atoms with van der Waals surface area (Å²) < 4.78 is 5.75. The van der Waals surface area contributed by atoms with E-state index in [9.17, 15) is 5.11 Å². The van der Waals surface area contributed by atoms with Crippen LogP contribution in [-0.4, -0.2) is 10.7 Å². The lowest BCUT2D eigenvalue weighted by Gasteiger charge is -2.16. The zero-order chi connectivity index (χ0) is 11.1. The van der Waals surface area contributed by atoms with E-state index in [0.29, 0.717) is 5.75 Å². The second-order valence-electron chi connectivity index (χ2n) is 4.88. The Morgan fingerprint density at radius 1 is 1.40 bits per heavy atom. The van der Waals surface area contributed by atoms with Gasteiger partial charge in [-0.2, -0.15) is 0 Å². The van der Waals surface area contributed by atoms with Crippen LogP contribution in [0.1, 0.15) is 38.3 Å². The standard InChI is InChI=1S/C13H18O2/c1-4-5-9-6-10-8-13(2,3)15-12(10)7-11(9)14/h6-7,14H,4-5,8H2,1-3H3. The first-order valence-electron chi connectivity index (χ1n) is 5.55. The third-order valence-electron chi connectivity index (χ3n) is 2.78. The van der Waals surface area contributed by atoms with E-state index < -0.39 is 0 Å². The molecule has 0 unspecified atom stereocenters. The van der Waals surface area contributed by atoms with Crippen LogP contribution in [0.3, 0.4) is 0 Å². The van der Waals surface area contributed by atoms with Crippen LogP contribution in [-0.2, 0) is 12.8 Å². The number of fused-ring (bicyclic) bond motifs is 1. The van der Waals surface area contributed by atoms with E-state index in [1.54, 1.807) is 6.07 Å². The van der Waals surface area contributed by atoms with Gasteiger partial charge in [-0.15, -0.1) is 0 Å². The minimum absolute atomic E-state index is 0.125. The van der Waals surface area contributed by atoms with E-state index in [1.165, 1.54) is 5.56 Å². The first-order valence-corrected chi connectivity index (χ1v) is 5.55. The maximum Gasteiger partial charge on any atom is 0.127 e. The van der Waals surface area contributed by atoms with Crippen LogP contribution < -0.4 is 4.74 Å². The van der Waals surface area contributed by atoms with Crippen molar-refractivity contribution in [2.45, 2.75) is 45.6 Å². The monoisotopic (exact) mass is 206 g/mol. The molecule has 1 aromatic rings. The van der Waals surface area contributed by atoms with Crippen molar-refractivity contribution in [2.75, 3.05) is 0 Å². The molecule has 0 radical (unpaired) electrons. The molecule has 1 heterocycles. The fraction of sp³-hybridized carbons (Fsp3) is 0.538. The molecule has 1 aliphatic rings. The molecule has 0 saturated heterocycles. The largest absolute Gasteiger partial charge is 0.508 e. The van der Waals surface area contributed by atoms with Gasteiger partial charge in [0.1, 0.15) is 17.1 Å². The van der Waals surface area contributed by atoms with Gasteiger partial charge >= 0.3 is 0 Å². The second-order valence-corrected chi connectivity index (χ2v) is 4.88. The second kappa shape index (κ2) is 3.44. The summed E-state index contributed by atoms with van der Waals surface area (Å²) in [5, 5.41) is 9.80. The van der Waals surface area contributed by atoms with E-state index in [1.807, 2.05) is 0 Å². The summed E-state index contributed by atoms with van der Waals surface area (Å²) >= 11 is 0. The molecule has 15 heavy (non-hydrogen) atoms. The average Bonchev–Trinajstić information content (AvgIpc) is 2.39. The highest BCUT2D eigenvalue weighted by molar-refractivity contribution is 5.48. The van der Waals surface area contributed by atoms with Crippen molar-refractivity contribution in [2.24, 2.45) is 0 Å². The maximum absolute atomic E-state index is 9.80. The number of ether oxygens (including phenoxy) is 1. The Hall–Kier alpha value is -1.18. The molecular weight excluding hydrogens is 188 g/mol. The van der Waals surface area contributed by atoms with Gasteiger partial charge in [0.05, 0.1) is 0 Å². The van der Waals surface area contributed by atoms with Gasteiger partial charge < -0.3 is 9.84 Å². The topological polar surface area (TPSA) is 29.5 Å². The summed E-state index contributed by atoms with van der Waals surface area (Å²) in [6.07, 6.45) is 2.91. The zero-order valence-electron chi connectivity index (χ0n) is 9.63. The first kappa shape index (κ1) is 10.3. The highest BCUT2D eigenvalue weighted by Crippen LogP contribution is 2.38. The molecule has 0 atom stereocenters. The zero-order valence-corrected chi connectivity index (χ0v) is 9.63. The highest BCUT2D eigenvalue weighted by Gasteiger charge is 2.30. The number of phenols is 1. The van der Waals surface area contributed by atoms with Gasteiger partial charge in [-0.1, -0.05) is 13.3 Å². The summed E-state index contributed by atoms with van der Waals surface area (Å²) in [5.74, 6) is 1.21. The van der Waals surface area contributed by atoms with Crippen LogP contribution in [0.25, 0.3) is 0 Å². The van der Waals surface area contributed by atoms with Crippen molar-refractivity contribution >= 4 is 0 Å². The van der Waals surface area contributed by atoms with Gasteiger partial charge in [-0.3, -0.25) is 0 Å². The smallest absolute Gasteiger partial charge is 0.127 e. The third kappa shape index (κ3) is 1.94. The molecule has 2 rings (SSSR count). The maximum atomic E-state index is 9.80. The Bertz CT molecular complexity index is 380. The van der Waals surface area contributed by atoms with Crippen LogP contribution in [0.2, 0.25) is 0 Å². The van der Waals surface area contributed by atoms with E-state index >= 15 is 0 Å². The van der Waals surface area contributed by atoms with Crippen LogP contribution >= 0.6 is 0 Å². The Balaban J connectivity index is 2.36. The normalized spacial score (nSPS) is 17.3. The molecule has 0 saturated carbocycles. The van der Waals surface area contributed by atoms with Crippen LogP contribution in [0.4, 0.5) is 0 Å². The number of benzene rings is 1. The first-order chi connectivity index (χ1) is 7.02. The van der Waals surface area contributed by atoms with E-state index in [4.69, 9.17) is 4.74 Å². The molecule has 0 aromatic heterocycles. The van der Waals surface area contributed by atoms with Crippen molar-refractivity contribution in [3.05, 3.63) is 23.3 Å². The molecule has 0 bridgehead atoms. The Kier molecular flexibility index (Phi) is 2.37. The lowest BCUT2D eigenvalue weighted by Crippen LogP contribution is -2.24. The molecule has 0 aliphatic carbocycles. The summed E-state index contributed by atoms with van der Waals surface area (Å²) in [6, 6.07) is 3.85. The van der Waals surface area contributed by atoms with E-state index in [2.05, 4.69) is 26.8 Å². The predicted octanol–water partition coefficient (Wildman–Crippen LogP) is 3.06. The van der Waals surface area contributed by atoms with Crippen molar-refractivity contribution in [1.82, 2.24) is 0 Å². The van der Waals surface area contributed by atoms with Crippen molar-refractivity contribution in [1.29, 1.82) is 0 Å². The number of aromatic hydroxyl groups is 1. The fourth-order valence-electron chi connectivity index (χ4n) is 2.16. The van der Waals surface area contributed by atoms with E-state index in [-0.39, 0.29) is 5.60 Å². The Morgan fingerprint density at radius 3 is 2.80 bits per heavy atom. The van der Waals surface area contributed by atoms with Crippen molar-refractivity contribution < 1.29 is 9.84 Å². The Morgan fingerprint density at radius 2 is 2.13 bits per heavy atom. The molecule has 82 valence electrons. The van der Waals surface area contributed by atoms with Crippen LogP contribution in [0.15, 0.2) is 12.1 Å². The number of phenolic OH excluding ortho intramolecular Hbond substituents is 1. The van der Waals surface area contributed by atoms with Gasteiger partial charge in [0, 0.05) is 12.5 Å². The number of hydrogen-bond acceptors (Lipinski definition) is 2.